The lowest BCUT2D eigenvalue weighted by Crippen LogP contribution is -2.51. The maximum Gasteiger partial charge on any atom is 0.227 e. The van der Waals surface area contributed by atoms with E-state index < -0.39 is 0 Å². The molecule has 1 aliphatic rings. The number of benzene rings is 2. The number of amides is 2. The molecular weight excluding hydrogens is 350 g/mol. The average Bonchev–Trinajstić information content (AvgIpc) is 2.69. The van der Waals surface area contributed by atoms with Crippen LogP contribution in [0.3, 0.4) is 0 Å². The number of halogens is 2. The summed E-state index contributed by atoms with van der Waals surface area (Å²) >= 11 is 0. The van der Waals surface area contributed by atoms with E-state index in [2.05, 4.69) is 0 Å². The van der Waals surface area contributed by atoms with Crippen LogP contribution in [0.1, 0.15) is 17.5 Å². The van der Waals surface area contributed by atoms with Crippen molar-refractivity contribution in [2.45, 2.75) is 19.3 Å². The van der Waals surface area contributed by atoms with E-state index in [9.17, 15) is 18.4 Å². The molecule has 0 bridgehead atoms. The first-order chi connectivity index (χ1) is 13.0. The fraction of sp³-hybridized carbons (Fsp3) is 0.333. The Labute approximate surface area is 157 Å². The third-order valence-electron chi connectivity index (χ3n) is 4.85. The summed E-state index contributed by atoms with van der Waals surface area (Å²) in [5.41, 5.74) is 0.912. The van der Waals surface area contributed by atoms with Gasteiger partial charge in [-0.05, 0) is 29.7 Å². The molecule has 0 radical (unpaired) electrons. The summed E-state index contributed by atoms with van der Waals surface area (Å²) < 4.78 is 27.3. The number of carbonyl (C=O) groups excluding carboxylic acids is 2. The minimum Gasteiger partial charge on any atom is -0.339 e. The molecule has 2 aromatic carbocycles. The van der Waals surface area contributed by atoms with Crippen LogP contribution in [0.25, 0.3) is 0 Å². The highest BCUT2D eigenvalue weighted by Gasteiger charge is 2.24. The molecule has 1 aliphatic heterocycles. The Bertz CT molecular complexity index is 817. The van der Waals surface area contributed by atoms with E-state index in [0.717, 1.165) is 0 Å². The number of hydrogen-bond acceptors (Lipinski definition) is 2. The quantitative estimate of drug-likeness (QED) is 0.810. The van der Waals surface area contributed by atoms with Crippen LogP contribution in [-0.4, -0.2) is 47.8 Å². The zero-order valence-electron chi connectivity index (χ0n) is 15.0. The Morgan fingerprint density at radius 3 is 1.78 bits per heavy atom. The molecule has 1 saturated heterocycles. The molecule has 0 aromatic heterocycles. The molecule has 0 saturated carbocycles. The van der Waals surface area contributed by atoms with E-state index in [0.29, 0.717) is 43.7 Å². The Morgan fingerprint density at radius 2 is 1.22 bits per heavy atom. The van der Waals surface area contributed by atoms with Crippen LogP contribution in [0.15, 0.2) is 48.5 Å². The van der Waals surface area contributed by atoms with Crippen molar-refractivity contribution in [2.24, 2.45) is 0 Å². The number of carbonyl (C=O) groups is 2. The molecule has 2 aromatic rings. The molecule has 1 heterocycles. The summed E-state index contributed by atoms with van der Waals surface area (Å²) in [5, 5.41) is 0. The first-order valence-corrected chi connectivity index (χ1v) is 9.07. The molecule has 142 valence electrons. The van der Waals surface area contributed by atoms with Crippen molar-refractivity contribution >= 4 is 11.8 Å². The van der Waals surface area contributed by atoms with Crippen LogP contribution in [0.2, 0.25) is 0 Å². The second-order valence-corrected chi connectivity index (χ2v) is 6.62. The Morgan fingerprint density at radius 1 is 0.741 bits per heavy atom. The molecule has 4 nitrogen and oxygen atoms in total. The molecule has 2 amide bonds. The van der Waals surface area contributed by atoms with Crippen LogP contribution in [-0.2, 0) is 22.4 Å². The lowest BCUT2D eigenvalue weighted by molar-refractivity contribution is -0.139. The summed E-state index contributed by atoms with van der Waals surface area (Å²) in [6.07, 6.45) is 0.621. The van der Waals surface area contributed by atoms with E-state index >= 15 is 0 Å². The van der Waals surface area contributed by atoms with E-state index in [1.165, 1.54) is 12.1 Å². The number of piperazine rings is 1. The second-order valence-electron chi connectivity index (χ2n) is 6.62. The zero-order chi connectivity index (χ0) is 19.2. The van der Waals surface area contributed by atoms with Gasteiger partial charge in [-0.2, -0.15) is 0 Å². The van der Waals surface area contributed by atoms with Gasteiger partial charge in [-0.25, -0.2) is 8.78 Å². The lowest BCUT2D eigenvalue weighted by atomic mass is 10.1. The molecule has 0 aliphatic carbocycles. The van der Waals surface area contributed by atoms with Gasteiger partial charge in [-0.3, -0.25) is 9.59 Å². The molecule has 3 rings (SSSR count). The summed E-state index contributed by atoms with van der Waals surface area (Å²) in [6, 6.07) is 12.7. The van der Waals surface area contributed by atoms with Gasteiger partial charge in [0.25, 0.3) is 0 Å². The van der Waals surface area contributed by atoms with E-state index in [-0.39, 0.29) is 36.3 Å². The van der Waals surface area contributed by atoms with Crippen molar-refractivity contribution < 1.29 is 18.4 Å². The fourth-order valence-electron chi connectivity index (χ4n) is 3.22. The van der Waals surface area contributed by atoms with Crippen molar-refractivity contribution in [3.8, 4) is 0 Å². The third-order valence-corrected chi connectivity index (χ3v) is 4.85. The van der Waals surface area contributed by atoms with Gasteiger partial charge in [0, 0.05) is 32.6 Å². The van der Waals surface area contributed by atoms with Gasteiger partial charge in [0.15, 0.2) is 0 Å². The molecule has 1 fully saturated rings. The molecular formula is C21H22F2N2O2. The maximum atomic E-state index is 13.7. The molecule has 0 atom stereocenters. The fourth-order valence-corrected chi connectivity index (χ4v) is 3.22. The number of nitrogens with zero attached hydrogens (tertiary/aromatic N) is 2. The van der Waals surface area contributed by atoms with Gasteiger partial charge in [0.1, 0.15) is 11.6 Å². The molecule has 0 N–H and O–H groups in total. The van der Waals surface area contributed by atoms with E-state index in [1.807, 2.05) is 0 Å². The standard InChI is InChI=1S/C21H22F2N2O2/c22-18-7-3-1-5-16(18)9-10-20(26)24-11-13-25(14-12-24)21(27)15-17-6-2-4-8-19(17)23/h1-8H,9-15H2. The normalized spacial score (nSPS) is 14.3. The average molecular weight is 372 g/mol. The Balaban J connectivity index is 1.47. The van der Waals surface area contributed by atoms with Gasteiger partial charge in [-0.15, -0.1) is 0 Å². The van der Waals surface area contributed by atoms with Gasteiger partial charge in [-0.1, -0.05) is 36.4 Å². The van der Waals surface area contributed by atoms with Crippen molar-refractivity contribution in [2.75, 3.05) is 26.2 Å². The smallest absolute Gasteiger partial charge is 0.227 e. The maximum absolute atomic E-state index is 13.7. The number of hydrogen-bond donors (Lipinski definition) is 0. The largest absolute Gasteiger partial charge is 0.339 e. The van der Waals surface area contributed by atoms with Crippen molar-refractivity contribution in [3.05, 3.63) is 71.3 Å². The Kier molecular flexibility index (Phi) is 6.16. The van der Waals surface area contributed by atoms with Crippen molar-refractivity contribution in [3.63, 3.8) is 0 Å². The molecule has 0 spiro atoms. The van der Waals surface area contributed by atoms with Crippen LogP contribution in [0.5, 0.6) is 0 Å². The van der Waals surface area contributed by atoms with Gasteiger partial charge >= 0.3 is 0 Å². The first kappa shape index (κ1) is 19.0. The van der Waals surface area contributed by atoms with Gasteiger partial charge in [0.2, 0.25) is 11.8 Å². The summed E-state index contributed by atoms with van der Waals surface area (Å²) in [4.78, 5) is 28.1. The van der Waals surface area contributed by atoms with E-state index in [1.54, 1.807) is 46.2 Å². The van der Waals surface area contributed by atoms with Crippen LogP contribution >= 0.6 is 0 Å². The predicted molar refractivity (Wildman–Crippen MR) is 98.0 cm³/mol. The molecule has 6 heteroatoms. The summed E-state index contributed by atoms with van der Waals surface area (Å²) in [5.74, 6) is -0.861. The predicted octanol–water partition coefficient (Wildman–Crippen LogP) is 2.81. The van der Waals surface area contributed by atoms with Gasteiger partial charge < -0.3 is 9.80 Å². The topological polar surface area (TPSA) is 40.6 Å². The van der Waals surface area contributed by atoms with Crippen LogP contribution in [0, 0.1) is 11.6 Å². The van der Waals surface area contributed by atoms with Crippen molar-refractivity contribution in [1.82, 2.24) is 9.80 Å². The highest BCUT2D eigenvalue weighted by molar-refractivity contribution is 5.80. The van der Waals surface area contributed by atoms with Crippen molar-refractivity contribution in [1.29, 1.82) is 0 Å². The monoisotopic (exact) mass is 372 g/mol. The second kappa shape index (κ2) is 8.75. The first-order valence-electron chi connectivity index (χ1n) is 9.07. The van der Waals surface area contributed by atoms with Crippen LogP contribution < -0.4 is 0 Å². The molecule has 27 heavy (non-hydrogen) atoms. The Hall–Kier alpha value is -2.76. The molecule has 0 unspecified atom stereocenters. The van der Waals surface area contributed by atoms with E-state index in [4.69, 9.17) is 0 Å². The highest BCUT2D eigenvalue weighted by atomic mass is 19.1. The minimum absolute atomic E-state index is 0.0217. The lowest BCUT2D eigenvalue weighted by Gasteiger charge is -2.35. The highest BCUT2D eigenvalue weighted by Crippen LogP contribution is 2.13. The number of rotatable bonds is 5. The number of aryl methyl sites for hydroxylation is 1. The van der Waals surface area contributed by atoms with Crippen LogP contribution in [0.4, 0.5) is 8.78 Å². The van der Waals surface area contributed by atoms with Gasteiger partial charge in [0.05, 0.1) is 6.42 Å². The zero-order valence-corrected chi connectivity index (χ0v) is 15.0. The summed E-state index contributed by atoms with van der Waals surface area (Å²) in [6.45, 7) is 1.75. The summed E-state index contributed by atoms with van der Waals surface area (Å²) in [7, 11) is 0. The minimum atomic E-state index is -0.382. The SMILES string of the molecule is O=C(CCc1ccccc1F)N1CCN(C(=O)Cc2ccccc2F)CC1. The third kappa shape index (κ3) is 4.90.